The molecule has 1 aromatic heterocycles. The van der Waals surface area contributed by atoms with Crippen molar-refractivity contribution in [2.45, 2.75) is 20.3 Å². The lowest BCUT2D eigenvalue weighted by Crippen LogP contribution is -1.97. The van der Waals surface area contributed by atoms with Gasteiger partial charge in [-0.15, -0.1) is 0 Å². The number of hydrogen-bond acceptors (Lipinski definition) is 2. The summed E-state index contributed by atoms with van der Waals surface area (Å²) in [6, 6.07) is 3.66. The van der Waals surface area contributed by atoms with Crippen LogP contribution in [0.4, 0.5) is 0 Å². The Kier molecular flexibility index (Phi) is 2.64. The predicted octanol–water partition coefficient (Wildman–Crippen LogP) is 3.66. The fourth-order valence-electron chi connectivity index (χ4n) is 1.87. The molecule has 0 aliphatic rings. The molecule has 3 nitrogen and oxygen atoms in total. The third-order valence-electron chi connectivity index (χ3n) is 2.54. The summed E-state index contributed by atoms with van der Waals surface area (Å²) < 4.78 is 5.31. The Hall–Kier alpha value is -1.48. The van der Waals surface area contributed by atoms with Crippen molar-refractivity contribution in [3.05, 3.63) is 34.0 Å². The summed E-state index contributed by atoms with van der Waals surface area (Å²) in [5, 5.41) is 10.3. The summed E-state index contributed by atoms with van der Waals surface area (Å²) in [4.78, 5) is 11.0. The van der Waals surface area contributed by atoms with E-state index < -0.39 is 5.97 Å². The van der Waals surface area contributed by atoms with Crippen LogP contribution in [0.2, 0.25) is 5.02 Å². The minimum Gasteiger partial charge on any atom is -0.475 e. The van der Waals surface area contributed by atoms with Crippen molar-refractivity contribution in [3.8, 4) is 0 Å². The summed E-state index contributed by atoms with van der Waals surface area (Å²) in [7, 11) is 0. The van der Waals surface area contributed by atoms with Crippen molar-refractivity contribution in [1.82, 2.24) is 0 Å². The summed E-state index contributed by atoms with van der Waals surface area (Å²) >= 11 is 6.02. The van der Waals surface area contributed by atoms with Crippen LogP contribution in [-0.2, 0) is 6.42 Å². The zero-order valence-electron chi connectivity index (χ0n) is 9.00. The van der Waals surface area contributed by atoms with Gasteiger partial charge >= 0.3 is 5.97 Å². The Morgan fingerprint density at radius 1 is 1.50 bits per heavy atom. The summed E-state index contributed by atoms with van der Waals surface area (Å²) in [5.74, 6) is -1.06. The van der Waals surface area contributed by atoms with E-state index in [0.717, 1.165) is 10.9 Å². The smallest absolute Gasteiger partial charge is 0.372 e. The molecule has 0 aliphatic heterocycles. The lowest BCUT2D eigenvalue weighted by Gasteiger charge is -1.97. The molecule has 0 fully saturated rings. The second-order valence-electron chi connectivity index (χ2n) is 3.69. The number of fused-ring (bicyclic) bond motifs is 1. The maximum absolute atomic E-state index is 11.0. The van der Waals surface area contributed by atoms with Crippen LogP contribution < -0.4 is 0 Å². The number of halogens is 1. The van der Waals surface area contributed by atoms with E-state index in [0.29, 0.717) is 22.6 Å². The molecule has 84 valence electrons. The van der Waals surface area contributed by atoms with Crippen molar-refractivity contribution >= 4 is 28.5 Å². The Morgan fingerprint density at radius 2 is 2.19 bits per heavy atom. The van der Waals surface area contributed by atoms with Crippen molar-refractivity contribution in [3.63, 3.8) is 0 Å². The van der Waals surface area contributed by atoms with Gasteiger partial charge in [0, 0.05) is 10.9 Å². The maximum Gasteiger partial charge on any atom is 0.372 e. The van der Waals surface area contributed by atoms with E-state index in [9.17, 15) is 4.79 Å². The van der Waals surface area contributed by atoms with Gasteiger partial charge in [0.25, 0.3) is 0 Å². The van der Waals surface area contributed by atoms with E-state index in [-0.39, 0.29) is 5.76 Å². The first kappa shape index (κ1) is 11.0. The molecule has 16 heavy (non-hydrogen) atoms. The summed E-state index contributed by atoms with van der Waals surface area (Å²) in [6.45, 7) is 3.81. The van der Waals surface area contributed by atoms with E-state index in [1.807, 2.05) is 19.9 Å². The number of carboxylic acid groups (broad SMARTS) is 1. The number of aromatic carboxylic acids is 1. The number of hydrogen-bond donors (Lipinski definition) is 1. The van der Waals surface area contributed by atoms with Crippen LogP contribution in [0.15, 0.2) is 16.5 Å². The molecular weight excluding hydrogens is 228 g/mol. The third-order valence-corrected chi connectivity index (χ3v) is 2.82. The highest BCUT2D eigenvalue weighted by Crippen LogP contribution is 2.32. The zero-order chi connectivity index (χ0) is 11.9. The Morgan fingerprint density at radius 3 is 2.75 bits per heavy atom. The molecule has 0 amide bonds. The number of carboxylic acids is 1. The fourth-order valence-corrected chi connectivity index (χ4v) is 2.18. The van der Waals surface area contributed by atoms with Crippen LogP contribution in [0.25, 0.3) is 11.0 Å². The van der Waals surface area contributed by atoms with Gasteiger partial charge in [0.15, 0.2) is 5.58 Å². The molecule has 0 spiro atoms. The minimum atomic E-state index is -1.05. The van der Waals surface area contributed by atoms with Crippen molar-refractivity contribution in [2.75, 3.05) is 0 Å². The first-order valence-corrected chi connectivity index (χ1v) is 5.37. The first-order valence-electron chi connectivity index (χ1n) is 4.99. The van der Waals surface area contributed by atoms with Gasteiger partial charge in [0.2, 0.25) is 5.76 Å². The van der Waals surface area contributed by atoms with Gasteiger partial charge in [-0.05, 0) is 31.0 Å². The predicted molar refractivity (Wildman–Crippen MR) is 62.3 cm³/mol. The van der Waals surface area contributed by atoms with Gasteiger partial charge in [-0.2, -0.15) is 0 Å². The van der Waals surface area contributed by atoms with Gasteiger partial charge in [0.05, 0.1) is 5.02 Å². The zero-order valence-corrected chi connectivity index (χ0v) is 9.76. The molecule has 4 heteroatoms. The number of benzene rings is 1. The SMILES string of the molecule is CCc1c(C(=O)O)oc2c(Cl)cc(C)cc12. The molecule has 0 radical (unpaired) electrons. The molecule has 1 heterocycles. The molecule has 0 unspecified atom stereocenters. The number of aryl methyl sites for hydroxylation is 2. The molecule has 2 rings (SSSR count). The monoisotopic (exact) mass is 238 g/mol. The summed E-state index contributed by atoms with van der Waals surface area (Å²) in [6.07, 6.45) is 0.606. The van der Waals surface area contributed by atoms with Crippen molar-refractivity contribution in [1.29, 1.82) is 0 Å². The van der Waals surface area contributed by atoms with E-state index in [2.05, 4.69) is 0 Å². The van der Waals surface area contributed by atoms with Crippen LogP contribution in [0.3, 0.4) is 0 Å². The molecular formula is C12H11ClO3. The number of rotatable bonds is 2. The highest BCUT2D eigenvalue weighted by molar-refractivity contribution is 6.35. The van der Waals surface area contributed by atoms with Crippen LogP contribution in [-0.4, -0.2) is 11.1 Å². The third kappa shape index (κ3) is 1.57. The molecule has 0 atom stereocenters. The van der Waals surface area contributed by atoms with Gasteiger partial charge in [-0.1, -0.05) is 18.5 Å². The largest absolute Gasteiger partial charge is 0.475 e. The Labute approximate surface area is 97.6 Å². The van der Waals surface area contributed by atoms with Crippen LogP contribution in [0.5, 0.6) is 0 Å². The lowest BCUT2D eigenvalue weighted by molar-refractivity contribution is 0.0663. The van der Waals surface area contributed by atoms with Gasteiger partial charge in [-0.25, -0.2) is 4.79 Å². The standard InChI is InChI=1S/C12H11ClO3/c1-3-7-8-4-6(2)5-9(13)10(8)16-11(7)12(14)15/h4-5H,3H2,1-2H3,(H,14,15). The minimum absolute atomic E-state index is 0.00926. The van der Waals surface area contributed by atoms with E-state index in [4.69, 9.17) is 21.1 Å². The molecule has 0 saturated heterocycles. The highest BCUT2D eigenvalue weighted by Gasteiger charge is 2.20. The average molecular weight is 239 g/mol. The number of carbonyl (C=O) groups is 1. The number of furan rings is 1. The second-order valence-corrected chi connectivity index (χ2v) is 4.10. The van der Waals surface area contributed by atoms with Gasteiger partial charge in [-0.3, -0.25) is 0 Å². The molecule has 0 saturated carbocycles. The van der Waals surface area contributed by atoms with E-state index >= 15 is 0 Å². The van der Waals surface area contributed by atoms with Crippen molar-refractivity contribution < 1.29 is 14.3 Å². The topological polar surface area (TPSA) is 50.4 Å². The van der Waals surface area contributed by atoms with Crippen LogP contribution in [0.1, 0.15) is 28.6 Å². The molecule has 1 N–H and O–H groups in total. The molecule has 1 aromatic carbocycles. The van der Waals surface area contributed by atoms with Gasteiger partial charge in [0.1, 0.15) is 0 Å². The average Bonchev–Trinajstić information content (AvgIpc) is 2.56. The Bertz CT molecular complexity index is 569. The fraction of sp³-hybridized carbons (Fsp3) is 0.250. The van der Waals surface area contributed by atoms with E-state index in [1.165, 1.54) is 0 Å². The van der Waals surface area contributed by atoms with Crippen LogP contribution >= 0.6 is 11.6 Å². The molecule has 0 aliphatic carbocycles. The molecule has 2 aromatic rings. The molecule has 0 bridgehead atoms. The Balaban J connectivity index is 2.87. The summed E-state index contributed by atoms with van der Waals surface area (Å²) in [5.41, 5.74) is 2.15. The van der Waals surface area contributed by atoms with E-state index in [1.54, 1.807) is 6.07 Å². The maximum atomic E-state index is 11.0. The second kappa shape index (κ2) is 3.83. The quantitative estimate of drug-likeness (QED) is 0.869. The first-order chi connectivity index (χ1) is 7.54. The normalized spacial score (nSPS) is 10.9. The van der Waals surface area contributed by atoms with Gasteiger partial charge < -0.3 is 9.52 Å². The lowest BCUT2D eigenvalue weighted by atomic mass is 10.1. The highest BCUT2D eigenvalue weighted by atomic mass is 35.5. The van der Waals surface area contributed by atoms with Crippen LogP contribution in [0, 0.1) is 6.92 Å². The van der Waals surface area contributed by atoms with Crippen molar-refractivity contribution in [2.24, 2.45) is 0 Å².